The number of aromatic nitrogens is 3. The molecule has 2 saturated heterocycles. The molecule has 0 radical (unpaired) electrons. The quantitative estimate of drug-likeness (QED) is 0.568. The number of amides is 1. The summed E-state index contributed by atoms with van der Waals surface area (Å²) in [7, 11) is 0. The van der Waals surface area contributed by atoms with Crippen LogP contribution in [0.5, 0.6) is 0 Å². The van der Waals surface area contributed by atoms with Crippen LogP contribution in [0.4, 0.5) is 13.2 Å². The van der Waals surface area contributed by atoms with Gasteiger partial charge in [-0.05, 0) is 32.4 Å². The highest BCUT2D eigenvalue weighted by molar-refractivity contribution is 6.36. The summed E-state index contributed by atoms with van der Waals surface area (Å²) >= 11 is 6.42. The number of hydrogen-bond acceptors (Lipinski definition) is 4. The molecule has 1 unspecified atom stereocenters. The molecular weight excluding hydrogens is 443 g/mol. The molecule has 6 nitrogen and oxygen atoms in total. The summed E-state index contributed by atoms with van der Waals surface area (Å²) in [4.78, 5) is 21.5. The number of rotatable bonds is 2. The first-order valence-electron chi connectivity index (χ1n) is 10.5. The molecule has 0 saturated carbocycles. The van der Waals surface area contributed by atoms with Gasteiger partial charge in [-0.2, -0.15) is 18.3 Å². The van der Waals surface area contributed by atoms with Gasteiger partial charge in [0.25, 0.3) is 5.91 Å². The lowest BCUT2D eigenvalue weighted by Gasteiger charge is -2.37. The molecule has 168 valence electrons. The first kappa shape index (κ1) is 21.2. The number of carbonyl (C=O) groups is 1. The van der Waals surface area contributed by atoms with Crippen LogP contribution < -0.4 is 0 Å². The van der Waals surface area contributed by atoms with Gasteiger partial charge in [0, 0.05) is 31.2 Å². The van der Waals surface area contributed by atoms with E-state index in [0.717, 1.165) is 37.6 Å². The molecule has 1 aromatic carbocycles. The second-order valence-electron chi connectivity index (χ2n) is 8.37. The molecule has 1 atom stereocenters. The molecule has 10 heteroatoms. The van der Waals surface area contributed by atoms with Crippen molar-refractivity contribution in [3.05, 3.63) is 52.3 Å². The third kappa shape index (κ3) is 3.63. The van der Waals surface area contributed by atoms with Crippen LogP contribution in [0.15, 0.2) is 30.3 Å². The van der Waals surface area contributed by atoms with Crippen molar-refractivity contribution in [1.29, 1.82) is 0 Å². The van der Waals surface area contributed by atoms with Crippen molar-refractivity contribution < 1.29 is 18.0 Å². The molecule has 4 heterocycles. The van der Waals surface area contributed by atoms with Crippen molar-refractivity contribution in [3.8, 4) is 11.3 Å². The van der Waals surface area contributed by atoms with Crippen LogP contribution >= 0.6 is 11.6 Å². The standard InChI is InChI=1S/C22H21ClF3N5O/c1-13-4-6-14(7-5-13)16-11-17(22(24,25)26)31-20(27-16)18(23)19(28-31)21(32)30-10-9-29-8-2-3-15(29)12-30/h4-7,11,15H,2-3,8-10,12H2,1H3. The minimum absolute atomic E-state index is 0.116. The molecule has 3 aromatic rings. The smallest absolute Gasteiger partial charge is 0.334 e. The zero-order valence-electron chi connectivity index (χ0n) is 17.4. The maximum atomic E-state index is 13.9. The van der Waals surface area contributed by atoms with E-state index in [1.807, 2.05) is 6.92 Å². The lowest BCUT2D eigenvalue weighted by molar-refractivity contribution is -0.142. The van der Waals surface area contributed by atoms with E-state index in [4.69, 9.17) is 11.6 Å². The Morgan fingerprint density at radius 3 is 2.62 bits per heavy atom. The molecule has 2 aromatic heterocycles. The van der Waals surface area contributed by atoms with Crippen molar-refractivity contribution in [3.63, 3.8) is 0 Å². The fraction of sp³-hybridized carbons (Fsp3) is 0.409. The second-order valence-corrected chi connectivity index (χ2v) is 8.75. The maximum absolute atomic E-state index is 13.9. The third-order valence-electron chi connectivity index (χ3n) is 6.25. The molecule has 2 aliphatic rings. The average Bonchev–Trinajstić information content (AvgIpc) is 3.36. The Hall–Kier alpha value is -2.65. The summed E-state index contributed by atoms with van der Waals surface area (Å²) in [5, 5.41) is 3.82. The molecule has 0 spiro atoms. The highest BCUT2D eigenvalue weighted by atomic mass is 35.5. The Morgan fingerprint density at radius 1 is 1.16 bits per heavy atom. The Labute approximate surface area is 187 Å². The van der Waals surface area contributed by atoms with Crippen molar-refractivity contribution in [2.75, 3.05) is 26.2 Å². The number of alkyl halides is 3. The molecule has 0 N–H and O–H groups in total. The lowest BCUT2D eigenvalue weighted by atomic mass is 10.1. The van der Waals surface area contributed by atoms with Crippen molar-refractivity contribution in [2.45, 2.75) is 32.0 Å². The van der Waals surface area contributed by atoms with E-state index in [9.17, 15) is 18.0 Å². The fourth-order valence-electron chi connectivity index (χ4n) is 4.53. The van der Waals surface area contributed by atoms with E-state index >= 15 is 0 Å². The number of piperazine rings is 1. The number of nitrogens with zero attached hydrogens (tertiary/aromatic N) is 5. The number of aryl methyl sites for hydroxylation is 1. The highest BCUT2D eigenvalue weighted by Crippen LogP contribution is 2.35. The molecule has 2 aliphatic heterocycles. The van der Waals surface area contributed by atoms with E-state index in [1.165, 1.54) is 0 Å². The van der Waals surface area contributed by atoms with Gasteiger partial charge in [-0.1, -0.05) is 41.4 Å². The summed E-state index contributed by atoms with van der Waals surface area (Å²) in [5.74, 6) is -0.461. The normalized spacial score (nSPS) is 19.5. The molecule has 0 aliphatic carbocycles. The average molecular weight is 464 g/mol. The van der Waals surface area contributed by atoms with Crippen LogP contribution in [0.1, 0.15) is 34.6 Å². The minimum atomic E-state index is -4.70. The van der Waals surface area contributed by atoms with Crippen LogP contribution in [0.3, 0.4) is 0 Å². The minimum Gasteiger partial charge on any atom is -0.334 e. The highest BCUT2D eigenvalue weighted by Gasteiger charge is 2.38. The third-order valence-corrected chi connectivity index (χ3v) is 6.60. The predicted molar refractivity (Wildman–Crippen MR) is 114 cm³/mol. The van der Waals surface area contributed by atoms with Gasteiger partial charge in [-0.3, -0.25) is 9.69 Å². The van der Waals surface area contributed by atoms with Crippen molar-refractivity contribution in [2.24, 2.45) is 0 Å². The molecule has 0 bridgehead atoms. The van der Waals surface area contributed by atoms with E-state index in [2.05, 4.69) is 15.0 Å². The molecule has 5 rings (SSSR count). The topological polar surface area (TPSA) is 53.7 Å². The zero-order valence-corrected chi connectivity index (χ0v) is 18.1. The van der Waals surface area contributed by atoms with Gasteiger partial charge in [0.15, 0.2) is 17.0 Å². The summed E-state index contributed by atoms with van der Waals surface area (Å²) in [6.07, 6.45) is -2.61. The van der Waals surface area contributed by atoms with Gasteiger partial charge >= 0.3 is 6.18 Å². The zero-order chi connectivity index (χ0) is 22.6. The van der Waals surface area contributed by atoms with Crippen molar-refractivity contribution in [1.82, 2.24) is 24.4 Å². The van der Waals surface area contributed by atoms with Gasteiger partial charge in [0.05, 0.1) is 5.69 Å². The van der Waals surface area contributed by atoms with Crippen LogP contribution in [0, 0.1) is 6.92 Å². The summed E-state index contributed by atoms with van der Waals surface area (Å²) in [6, 6.07) is 8.21. The molecule has 32 heavy (non-hydrogen) atoms. The van der Waals surface area contributed by atoms with Gasteiger partial charge in [0.2, 0.25) is 0 Å². The van der Waals surface area contributed by atoms with Gasteiger partial charge in [-0.15, -0.1) is 0 Å². The maximum Gasteiger partial charge on any atom is 0.433 e. The molecule has 2 fully saturated rings. The van der Waals surface area contributed by atoms with Crippen LogP contribution in [-0.4, -0.2) is 62.5 Å². The van der Waals surface area contributed by atoms with Crippen molar-refractivity contribution >= 4 is 23.2 Å². The second kappa shape index (κ2) is 7.74. The number of halogens is 4. The number of carbonyl (C=O) groups excluding carboxylic acids is 1. The Bertz CT molecular complexity index is 1190. The predicted octanol–water partition coefficient (Wildman–Crippen LogP) is 4.30. The van der Waals surface area contributed by atoms with Crippen LogP contribution in [0.2, 0.25) is 5.02 Å². The molecule has 1 amide bonds. The number of hydrogen-bond donors (Lipinski definition) is 0. The Morgan fingerprint density at radius 2 is 1.91 bits per heavy atom. The Balaban J connectivity index is 1.58. The van der Waals surface area contributed by atoms with Gasteiger partial charge in [-0.25, -0.2) is 9.50 Å². The first-order chi connectivity index (χ1) is 15.2. The summed E-state index contributed by atoms with van der Waals surface area (Å²) < 4.78 is 42.3. The van der Waals surface area contributed by atoms with Gasteiger partial charge in [0.1, 0.15) is 5.02 Å². The molecular formula is C22H21ClF3N5O. The number of benzene rings is 1. The lowest BCUT2D eigenvalue weighted by Crippen LogP contribution is -2.52. The van der Waals surface area contributed by atoms with E-state index in [0.29, 0.717) is 23.2 Å². The van der Waals surface area contributed by atoms with Gasteiger partial charge < -0.3 is 4.90 Å². The first-order valence-corrected chi connectivity index (χ1v) is 10.9. The Kier molecular flexibility index (Phi) is 5.13. The summed E-state index contributed by atoms with van der Waals surface area (Å²) in [5.41, 5.74) is 0.205. The fourth-order valence-corrected chi connectivity index (χ4v) is 4.77. The summed E-state index contributed by atoms with van der Waals surface area (Å²) in [6.45, 7) is 4.66. The van der Waals surface area contributed by atoms with E-state index in [1.54, 1.807) is 29.2 Å². The van der Waals surface area contributed by atoms with E-state index in [-0.39, 0.29) is 28.1 Å². The largest absolute Gasteiger partial charge is 0.433 e. The van der Waals surface area contributed by atoms with E-state index < -0.39 is 17.8 Å². The SMILES string of the molecule is Cc1ccc(-c2cc(C(F)(F)F)n3nc(C(=O)N4CCN5CCCC5C4)c(Cl)c3n2)cc1. The van der Waals surface area contributed by atoms with Crippen LogP contribution in [0.25, 0.3) is 16.9 Å². The number of fused-ring (bicyclic) bond motifs is 2. The van der Waals surface area contributed by atoms with Crippen LogP contribution in [-0.2, 0) is 6.18 Å². The monoisotopic (exact) mass is 463 g/mol.